The third-order valence-corrected chi connectivity index (χ3v) is 3.56. The van der Waals surface area contributed by atoms with Crippen molar-refractivity contribution in [2.75, 3.05) is 14.2 Å². The van der Waals surface area contributed by atoms with Crippen LogP contribution >= 0.6 is 0 Å². The van der Waals surface area contributed by atoms with Crippen molar-refractivity contribution in [2.24, 2.45) is 0 Å². The third kappa shape index (κ3) is 3.03. The van der Waals surface area contributed by atoms with E-state index in [1.54, 1.807) is 30.3 Å². The fourth-order valence-electron chi connectivity index (χ4n) is 2.18. The minimum absolute atomic E-state index is 0.377. The number of halogens is 1. The maximum atomic E-state index is 14.3. The van der Waals surface area contributed by atoms with Gasteiger partial charge < -0.3 is 14.6 Å². The van der Waals surface area contributed by atoms with Crippen molar-refractivity contribution >= 4 is 5.97 Å². The van der Waals surface area contributed by atoms with E-state index in [1.165, 1.54) is 27.2 Å². The maximum absolute atomic E-state index is 14.3. The van der Waals surface area contributed by atoms with Crippen LogP contribution in [0.4, 0.5) is 4.39 Å². The molecule has 0 saturated heterocycles. The van der Waals surface area contributed by atoms with E-state index in [1.807, 2.05) is 0 Å². The zero-order chi connectivity index (χ0) is 16.3. The number of carboxylic acid groups (broad SMARTS) is 1. The molecule has 22 heavy (non-hydrogen) atoms. The molecule has 0 aliphatic carbocycles. The van der Waals surface area contributed by atoms with Gasteiger partial charge in [-0.05, 0) is 36.2 Å². The highest BCUT2D eigenvalue weighted by Crippen LogP contribution is 2.34. The highest BCUT2D eigenvalue weighted by molar-refractivity contribution is 5.76. The van der Waals surface area contributed by atoms with Crippen molar-refractivity contribution in [1.82, 2.24) is 0 Å². The Kier molecular flexibility index (Phi) is 4.65. The molecule has 2 aromatic rings. The molecule has 0 radical (unpaired) electrons. The summed E-state index contributed by atoms with van der Waals surface area (Å²) in [6.45, 7) is 1.52. The van der Waals surface area contributed by atoms with E-state index in [0.717, 1.165) is 0 Å². The van der Waals surface area contributed by atoms with Crippen molar-refractivity contribution in [3.63, 3.8) is 0 Å². The SMILES string of the molecule is COc1ccc(-c2ccc([C@H](C)C(=O)O)cc2F)cc1OC. The van der Waals surface area contributed by atoms with Crippen LogP contribution in [0.3, 0.4) is 0 Å². The molecule has 2 rings (SSSR count). The van der Waals surface area contributed by atoms with Crippen LogP contribution in [0.2, 0.25) is 0 Å². The average Bonchev–Trinajstić information content (AvgIpc) is 2.53. The topological polar surface area (TPSA) is 55.8 Å². The second-order valence-corrected chi connectivity index (χ2v) is 4.87. The lowest BCUT2D eigenvalue weighted by Crippen LogP contribution is -2.07. The number of benzene rings is 2. The molecule has 0 aromatic heterocycles. The summed E-state index contributed by atoms with van der Waals surface area (Å²) in [6, 6.07) is 9.54. The van der Waals surface area contributed by atoms with Crippen LogP contribution in [-0.2, 0) is 4.79 Å². The molecular weight excluding hydrogens is 287 g/mol. The van der Waals surface area contributed by atoms with Gasteiger partial charge in [0.25, 0.3) is 0 Å². The molecule has 1 N–H and O–H groups in total. The standard InChI is InChI=1S/C17H17FO4/c1-10(17(19)20)11-4-6-13(14(18)8-11)12-5-7-15(21-2)16(9-12)22-3/h4-10H,1-3H3,(H,19,20)/t10-/m0/s1. The van der Waals surface area contributed by atoms with Gasteiger partial charge in [-0.3, -0.25) is 4.79 Å². The minimum Gasteiger partial charge on any atom is -0.493 e. The Labute approximate surface area is 128 Å². The summed E-state index contributed by atoms with van der Waals surface area (Å²) in [5, 5.41) is 8.99. The molecule has 1 atom stereocenters. The molecule has 4 nitrogen and oxygen atoms in total. The first kappa shape index (κ1) is 15.8. The van der Waals surface area contributed by atoms with Crippen molar-refractivity contribution in [3.8, 4) is 22.6 Å². The largest absolute Gasteiger partial charge is 0.493 e. The van der Waals surface area contributed by atoms with Crippen molar-refractivity contribution in [2.45, 2.75) is 12.8 Å². The number of aliphatic carboxylic acids is 1. The first-order valence-corrected chi connectivity index (χ1v) is 6.72. The molecule has 0 aliphatic heterocycles. The van der Waals surface area contributed by atoms with Gasteiger partial charge in [0.1, 0.15) is 5.82 Å². The van der Waals surface area contributed by atoms with Crippen LogP contribution in [0.15, 0.2) is 36.4 Å². The Morgan fingerprint density at radius 1 is 1.09 bits per heavy atom. The van der Waals surface area contributed by atoms with Crippen molar-refractivity contribution < 1.29 is 23.8 Å². The van der Waals surface area contributed by atoms with E-state index in [0.29, 0.717) is 28.2 Å². The number of hydrogen-bond acceptors (Lipinski definition) is 3. The van der Waals surface area contributed by atoms with E-state index in [2.05, 4.69) is 0 Å². The molecule has 2 aromatic carbocycles. The summed E-state index contributed by atoms with van der Waals surface area (Å²) < 4.78 is 24.7. The zero-order valence-electron chi connectivity index (χ0n) is 12.6. The van der Waals surface area contributed by atoms with Gasteiger partial charge in [0.15, 0.2) is 11.5 Å². The molecule has 0 saturated carbocycles. The van der Waals surface area contributed by atoms with Crippen LogP contribution in [-0.4, -0.2) is 25.3 Å². The van der Waals surface area contributed by atoms with E-state index >= 15 is 0 Å². The first-order chi connectivity index (χ1) is 10.5. The molecular formula is C17H17FO4. The number of carbonyl (C=O) groups is 1. The van der Waals surface area contributed by atoms with Gasteiger partial charge in [-0.1, -0.05) is 18.2 Å². The predicted molar refractivity (Wildman–Crippen MR) is 81.0 cm³/mol. The Morgan fingerprint density at radius 3 is 2.32 bits per heavy atom. The molecule has 5 heteroatoms. The number of methoxy groups -OCH3 is 2. The molecule has 0 heterocycles. The predicted octanol–water partition coefficient (Wildman–Crippen LogP) is 3.70. The van der Waals surface area contributed by atoms with Crippen molar-refractivity contribution in [3.05, 3.63) is 47.8 Å². The number of carboxylic acids is 1. The summed E-state index contributed by atoms with van der Waals surface area (Å²) in [7, 11) is 3.04. The van der Waals surface area contributed by atoms with E-state index < -0.39 is 17.7 Å². The quantitative estimate of drug-likeness (QED) is 0.915. The van der Waals surface area contributed by atoms with Gasteiger partial charge in [0.05, 0.1) is 20.1 Å². The van der Waals surface area contributed by atoms with E-state index in [4.69, 9.17) is 14.6 Å². The maximum Gasteiger partial charge on any atom is 0.310 e. The molecule has 0 bridgehead atoms. The van der Waals surface area contributed by atoms with E-state index in [9.17, 15) is 9.18 Å². The van der Waals surface area contributed by atoms with Crippen LogP contribution in [0.1, 0.15) is 18.4 Å². The van der Waals surface area contributed by atoms with Crippen LogP contribution in [0.25, 0.3) is 11.1 Å². The van der Waals surface area contributed by atoms with Crippen molar-refractivity contribution in [1.29, 1.82) is 0 Å². The highest BCUT2D eigenvalue weighted by Gasteiger charge is 2.16. The fourth-order valence-corrected chi connectivity index (χ4v) is 2.18. The van der Waals surface area contributed by atoms with Gasteiger partial charge in [0.2, 0.25) is 0 Å². The average molecular weight is 304 g/mol. The second kappa shape index (κ2) is 6.47. The van der Waals surface area contributed by atoms with Crippen LogP contribution < -0.4 is 9.47 Å². The first-order valence-electron chi connectivity index (χ1n) is 6.72. The Bertz CT molecular complexity index is 697. The molecule has 0 unspecified atom stereocenters. The summed E-state index contributed by atoms with van der Waals surface area (Å²) in [4.78, 5) is 11.0. The second-order valence-electron chi connectivity index (χ2n) is 4.87. The van der Waals surface area contributed by atoms with Crippen LogP contribution in [0, 0.1) is 5.82 Å². The van der Waals surface area contributed by atoms with Gasteiger partial charge in [-0.15, -0.1) is 0 Å². The smallest absolute Gasteiger partial charge is 0.310 e. The molecule has 0 amide bonds. The number of rotatable bonds is 5. The van der Waals surface area contributed by atoms with Gasteiger partial charge in [0, 0.05) is 5.56 Å². The Morgan fingerprint density at radius 2 is 1.77 bits per heavy atom. The van der Waals surface area contributed by atoms with Gasteiger partial charge >= 0.3 is 5.97 Å². The molecule has 0 fully saturated rings. The summed E-state index contributed by atoms with van der Waals surface area (Å²) in [5.41, 5.74) is 1.43. The van der Waals surface area contributed by atoms with Gasteiger partial charge in [-0.2, -0.15) is 0 Å². The lowest BCUT2D eigenvalue weighted by atomic mass is 9.97. The zero-order valence-corrected chi connectivity index (χ0v) is 12.6. The fraction of sp³-hybridized carbons (Fsp3) is 0.235. The Balaban J connectivity index is 2.43. The third-order valence-electron chi connectivity index (χ3n) is 3.56. The van der Waals surface area contributed by atoms with Crippen LogP contribution in [0.5, 0.6) is 11.5 Å². The highest BCUT2D eigenvalue weighted by atomic mass is 19.1. The minimum atomic E-state index is -0.988. The summed E-state index contributed by atoms with van der Waals surface area (Å²) >= 11 is 0. The number of hydrogen-bond donors (Lipinski definition) is 1. The summed E-state index contributed by atoms with van der Waals surface area (Å²) in [5.74, 6) is -1.16. The molecule has 116 valence electrons. The lowest BCUT2D eigenvalue weighted by Gasteiger charge is -2.12. The molecule has 0 aliphatic rings. The van der Waals surface area contributed by atoms with E-state index in [-0.39, 0.29) is 0 Å². The lowest BCUT2D eigenvalue weighted by molar-refractivity contribution is -0.138. The summed E-state index contributed by atoms with van der Waals surface area (Å²) in [6.07, 6.45) is 0. The van der Waals surface area contributed by atoms with Gasteiger partial charge in [-0.25, -0.2) is 4.39 Å². The monoisotopic (exact) mass is 304 g/mol. The molecule has 0 spiro atoms. The normalized spacial score (nSPS) is 11.8. The number of ether oxygens (including phenoxy) is 2. The Hall–Kier alpha value is -2.56.